The molecule has 0 aliphatic heterocycles. The van der Waals surface area contributed by atoms with Gasteiger partial charge in [-0.2, -0.15) is 0 Å². The van der Waals surface area contributed by atoms with Crippen molar-refractivity contribution < 1.29 is 24.9 Å². The molecule has 0 amide bonds. The van der Waals surface area contributed by atoms with Crippen molar-refractivity contribution in [1.82, 2.24) is 0 Å². The molecule has 0 unspecified atom stereocenters. The van der Waals surface area contributed by atoms with Gasteiger partial charge in [-0.3, -0.25) is 4.79 Å². The molecule has 0 rings (SSSR count). The zero-order valence-corrected chi connectivity index (χ0v) is 7.94. The minimum absolute atomic E-state index is 0. The number of aldehydes is 1. The van der Waals surface area contributed by atoms with E-state index in [-0.39, 0.29) is 14.0 Å². The number of carbonyl (C=O) groups excluding carboxylic acids is 1. The molecule has 0 spiro atoms. The van der Waals surface area contributed by atoms with Gasteiger partial charge in [0.2, 0.25) is 0 Å². The quantitative estimate of drug-likeness (QED) is 0.494. The second kappa shape index (κ2) is 67.9. The van der Waals surface area contributed by atoms with Crippen molar-refractivity contribution in [3.8, 4) is 0 Å². The summed E-state index contributed by atoms with van der Waals surface area (Å²) in [4.78, 5) is 17.8. The third-order valence-corrected chi connectivity index (χ3v) is 0. The number of hydrogen-bond donors (Lipinski definition) is 3. The third kappa shape index (κ3) is 1030. The number of aliphatic carboxylic acids is 1. The van der Waals surface area contributed by atoms with Crippen LogP contribution in [-0.4, -0.2) is 41.3 Å². The summed E-state index contributed by atoms with van der Waals surface area (Å²) in [6.45, 7) is 4.46. The molecule has 0 aromatic carbocycles. The van der Waals surface area contributed by atoms with Gasteiger partial charge < -0.3 is 20.1 Å². The normalized spacial score (nSPS) is 4.77. The Labute approximate surface area is 80.0 Å². The van der Waals surface area contributed by atoms with Crippen LogP contribution < -0.4 is 0 Å². The summed E-state index contributed by atoms with van der Waals surface area (Å²) >= 11 is 0. The van der Waals surface area contributed by atoms with Crippen molar-refractivity contribution in [2.45, 2.75) is 28.2 Å². The highest BCUT2D eigenvalue weighted by molar-refractivity contribution is 5.62. The van der Waals surface area contributed by atoms with Gasteiger partial charge in [-0.25, -0.2) is 0 Å². The monoisotopic (exact) mass is 198 g/mol. The summed E-state index contributed by atoms with van der Waals surface area (Å²) in [5.41, 5.74) is 0. The lowest BCUT2D eigenvalue weighted by Crippen LogP contribution is -1.78. The summed E-state index contributed by atoms with van der Waals surface area (Å²) in [6.07, 6.45) is 0.750. The molecule has 0 aliphatic rings. The minimum atomic E-state index is -0.833. The summed E-state index contributed by atoms with van der Waals surface area (Å²) in [5, 5.41) is 22.0. The number of carbonyl (C=O) groups is 2. The first kappa shape index (κ1) is 29.6. The predicted molar refractivity (Wildman–Crippen MR) is 52.7 cm³/mol. The highest BCUT2D eigenvalue weighted by Crippen LogP contribution is 1.42. The number of rotatable bonds is 0. The fourth-order valence-corrected chi connectivity index (χ4v) is 0. The number of hydrogen-bond acceptors (Lipinski definition) is 4. The van der Waals surface area contributed by atoms with Gasteiger partial charge in [0.05, 0.1) is 0 Å². The maximum atomic E-state index is 9.00. The van der Waals surface area contributed by atoms with E-state index in [4.69, 9.17) is 24.9 Å². The Balaban J connectivity index is -0.0000000220. The Morgan fingerprint density at radius 1 is 1.38 bits per heavy atom. The van der Waals surface area contributed by atoms with Gasteiger partial charge in [0.15, 0.2) is 0 Å². The summed E-state index contributed by atoms with van der Waals surface area (Å²) in [5.74, 6) is -0.833. The van der Waals surface area contributed by atoms with Crippen molar-refractivity contribution >= 4 is 12.3 Å². The lowest BCUT2D eigenvalue weighted by atomic mass is 10.9. The maximum absolute atomic E-state index is 9.00. The second-order valence-electron chi connectivity index (χ2n) is 1.07. The van der Waals surface area contributed by atoms with E-state index in [1.807, 2.05) is 0 Å². The summed E-state index contributed by atoms with van der Waals surface area (Å²) in [6, 6.07) is 0. The van der Waals surface area contributed by atoms with Crippen LogP contribution in [0.2, 0.25) is 0 Å². The lowest BCUT2D eigenvalue weighted by Gasteiger charge is -1.59. The van der Waals surface area contributed by atoms with Gasteiger partial charge in [-0.05, 0) is 13.8 Å². The first-order valence-electron chi connectivity index (χ1n) is 3.21. The first-order chi connectivity index (χ1) is 5.56. The molecule has 0 aromatic rings. The molecule has 0 saturated heterocycles. The molecule has 84 valence electrons. The largest absolute Gasteiger partial charge is 0.481 e. The molecular weight excluding hydrogens is 176 g/mol. The van der Waals surface area contributed by atoms with Gasteiger partial charge >= 0.3 is 0 Å². The molecule has 0 saturated carbocycles. The predicted octanol–water partition coefficient (Wildman–Crippen LogP) is 0.539. The fourth-order valence-electron chi connectivity index (χ4n) is 0. The Bertz CT molecular complexity index is 68.9. The molecule has 3 N–H and O–H groups in total. The smallest absolute Gasteiger partial charge is 0.300 e. The van der Waals surface area contributed by atoms with E-state index in [1.165, 1.54) is 6.92 Å². The van der Waals surface area contributed by atoms with Crippen LogP contribution in [0.25, 0.3) is 0 Å². The van der Waals surface area contributed by atoms with Gasteiger partial charge in [0.25, 0.3) is 5.97 Å². The minimum Gasteiger partial charge on any atom is -0.481 e. The number of carboxylic acids is 1. The molecule has 0 radical (unpaired) electrons. The average molecular weight is 198 g/mol. The van der Waals surface area contributed by atoms with Crippen molar-refractivity contribution in [3.63, 3.8) is 0 Å². The van der Waals surface area contributed by atoms with Crippen LogP contribution in [0.5, 0.6) is 0 Å². The van der Waals surface area contributed by atoms with E-state index in [0.717, 1.165) is 20.3 Å². The molecule has 13 heavy (non-hydrogen) atoms. The van der Waals surface area contributed by atoms with Crippen molar-refractivity contribution in [2.24, 2.45) is 0 Å². The Kier molecular flexibility index (Phi) is 155. The molecule has 0 fully saturated rings. The zero-order valence-electron chi connectivity index (χ0n) is 7.94. The lowest BCUT2D eigenvalue weighted by molar-refractivity contribution is -0.134. The summed E-state index contributed by atoms with van der Waals surface area (Å²) < 4.78 is 0. The van der Waals surface area contributed by atoms with Gasteiger partial charge in [0, 0.05) is 20.6 Å². The Morgan fingerprint density at radius 3 is 1.38 bits per heavy atom. The van der Waals surface area contributed by atoms with Crippen molar-refractivity contribution in [2.75, 3.05) is 13.7 Å². The SMILES string of the molecule is C.CC(=O)O.CC=O.CCO.CO. The van der Waals surface area contributed by atoms with Gasteiger partial charge in [-0.1, -0.05) is 7.43 Å². The van der Waals surface area contributed by atoms with E-state index in [2.05, 4.69) is 0 Å². The van der Waals surface area contributed by atoms with Crippen LogP contribution >= 0.6 is 0 Å². The third-order valence-electron chi connectivity index (χ3n) is 0. The summed E-state index contributed by atoms with van der Waals surface area (Å²) in [7, 11) is 1.00. The molecule has 0 heterocycles. The molecule has 0 aromatic heterocycles. The number of aliphatic hydroxyl groups excluding tert-OH is 2. The average Bonchev–Trinajstić information content (AvgIpc) is 1.92. The van der Waals surface area contributed by atoms with Crippen LogP contribution in [0.15, 0.2) is 0 Å². The van der Waals surface area contributed by atoms with E-state index < -0.39 is 5.97 Å². The molecule has 0 aliphatic carbocycles. The highest BCUT2D eigenvalue weighted by Gasteiger charge is 1.65. The van der Waals surface area contributed by atoms with Crippen LogP contribution in [0.1, 0.15) is 28.2 Å². The van der Waals surface area contributed by atoms with E-state index in [0.29, 0.717) is 0 Å². The maximum Gasteiger partial charge on any atom is 0.300 e. The van der Waals surface area contributed by atoms with E-state index in [1.54, 1.807) is 6.92 Å². The molecule has 0 bridgehead atoms. The topological polar surface area (TPSA) is 94.8 Å². The molecule has 0 atom stereocenters. The molecule has 5 heteroatoms. The van der Waals surface area contributed by atoms with Crippen molar-refractivity contribution in [1.29, 1.82) is 0 Å². The Hall–Kier alpha value is -0.940. The number of aliphatic hydroxyl groups is 2. The highest BCUT2D eigenvalue weighted by atomic mass is 16.4. The second-order valence-corrected chi connectivity index (χ2v) is 1.07. The molecule has 5 nitrogen and oxygen atoms in total. The Morgan fingerprint density at radius 2 is 1.38 bits per heavy atom. The number of carboxylic acid groups (broad SMARTS) is 1. The molecular formula is C8H22O5. The standard InChI is InChI=1S/C2H4O2.C2H6O.C2H4O.CH4O.CH4/c1-2(3)4;2*1-2-3;1-2;/h1H3,(H,3,4);3H,2H2,1H3;2H,1H3;2H,1H3;1H4. The van der Waals surface area contributed by atoms with Crippen LogP contribution in [-0.2, 0) is 9.59 Å². The van der Waals surface area contributed by atoms with Crippen molar-refractivity contribution in [3.05, 3.63) is 0 Å². The van der Waals surface area contributed by atoms with E-state index >= 15 is 0 Å². The van der Waals surface area contributed by atoms with Crippen LogP contribution in [0.3, 0.4) is 0 Å². The first-order valence-corrected chi connectivity index (χ1v) is 3.21. The van der Waals surface area contributed by atoms with E-state index in [9.17, 15) is 0 Å². The van der Waals surface area contributed by atoms with Gasteiger partial charge in [0.1, 0.15) is 6.29 Å². The van der Waals surface area contributed by atoms with Gasteiger partial charge in [-0.15, -0.1) is 0 Å². The van der Waals surface area contributed by atoms with Crippen LogP contribution in [0.4, 0.5) is 0 Å². The fraction of sp³-hybridized carbons (Fsp3) is 0.750. The zero-order chi connectivity index (χ0) is 11.0. The van der Waals surface area contributed by atoms with Crippen LogP contribution in [0, 0.1) is 0 Å².